The molecule has 216 valence electrons. The largest absolute Gasteiger partial charge is 0.355 e. The molecule has 4 aromatic rings. The summed E-state index contributed by atoms with van der Waals surface area (Å²) in [6.45, 7) is 15.7. The van der Waals surface area contributed by atoms with E-state index in [0.29, 0.717) is 39.8 Å². The molecule has 0 bridgehead atoms. The average molecular weight is 587 g/mol. The van der Waals surface area contributed by atoms with E-state index < -0.39 is 17.4 Å². The molecule has 0 unspecified atom stereocenters. The Morgan fingerprint density at radius 1 is 1.19 bits per heavy atom. The lowest BCUT2D eigenvalue weighted by Gasteiger charge is -2.40. The van der Waals surface area contributed by atoms with Gasteiger partial charge in [0.15, 0.2) is 11.5 Å². The van der Waals surface area contributed by atoms with E-state index in [1.54, 1.807) is 18.3 Å². The first-order valence-corrected chi connectivity index (χ1v) is 14.1. The van der Waals surface area contributed by atoms with Gasteiger partial charge in [-0.1, -0.05) is 68.9 Å². The number of fused-ring (bicyclic) bond motifs is 1. The molecular formula is C32H32ClFN6O2. The van der Waals surface area contributed by atoms with E-state index in [4.69, 9.17) is 16.6 Å². The van der Waals surface area contributed by atoms with Crippen LogP contribution in [0.5, 0.6) is 0 Å². The molecule has 1 aromatic carbocycles. The number of carbonyl (C=O) groups is 1. The lowest BCUT2D eigenvalue weighted by molar-refractivity contribution is -0.129. The number of anilines is 1. The van der Waals surface area contributed by atoms with Crippen molar-refractivity contribution >= 4 is 40.4 Å². The van der Waals surface area contributed by atoms with Gasteiger partial charge in [-0.15, -0.1) is 0 Å². The molecule has 1 aliphatic rings. The smallest absolute Gasteiger partial charge is 0.350 e. The van der Waals surface area contributed by atoms with Crippen LogP contribution >= 0.6 is 11.6 Å². The Balaban J connectivity index is 1.80. The number of piperazine rings is 1. The van der Waals surface area contributed by atoms with Crippen LogP contribution in [0.25, 0.3) is 34.1 Å². The minimum Gasteiger partial charge on any atom is -0.350 e. The molecule has 1 aliphatic heterocycles. The van der Waals surface area contributed by atoms with Crippen molar-refractivity contribution < 1.29 is 9.18 Å². The lowest BCUT2D eigenvalue weighted by Crippen LogP contribution is -2.54. The van der Waals surface area contributed by atoms with Crippen molar-refractivity contribution in [3.05, 3.63) is 93.9 Å². The highest BCUT2D eigenvalue weighted by molar-refractivity contribution is 6.34. The fraction of sp³-hybridized carbons (Fsp3) is 0.281. The number of pyridine rings is 2. The van der Waals surface area contributed by atoms with Crippen LogP contribution in [0.4, 0.5) is 10.2 Å². The van der Waals surface area contributed by atoms with Crippen molar-refractivity contribution in [3.8, 4) is 16.9 Å². The summed E-state index contributed by atoms with van der Waals surface area (Å²) in [5.41, 5.74) is 4.20. The molecule has 42 heavy (non-hydrogen) atoms. The van der Waals surface area contributed by atoms with E-state index in [2.05, 4.69) is 23.1 Å². The molecular weight excluding hydrogens is 555 g/mol. The maximum absolute atomic E-state index is 14.0. The molecule has 5 rings (SSSR count). The highest BCUT2D eigenvalue weighted by Crippen LogP contribution is 2.36. The number of carbonyl (C=O) groups excluding carboxylic acids is 1. The predicted molar refractivity (Wildman–Crippen MR) is 166 cm³/mol. The Morgan fingerprint density at radius 2 is 1.93 bits per heavy atom. The van der Waals surface area contributed by atoms with Gasteiger partial charge in [-0.3, -0.25) is 9.78 Å². The number of rotatable bonds is 6. The van der Waals surface area contributed by atoms with Gasteiger partial charge in [0.25, 0.3) is 5.91 Å². The molecule has 8 nitrogen and oxygen atoms in total. The monoisotopic (exact) mass is 586 g/mol. The zero-order valence-electron chi connectivity index (χ0n) is 24.1. The second-order valence-corrected chi connectivity index (χ2v) is 11.2. The number of benzene rings is 1. The summed E-state index contributed by atoms with van der Waals surface area (Å²) in [4.78, 5) is 43.9. The van der Waals surface area contributed by atoms with Crippen LogP contribution in [0.2, 0.25) is 5.02 Å². The van der Waals surface area contributed by atoms with Crippen LogP contribution in [0.15, 0.2) is 66.4 Å². The molecule has 3 aromatic heterocycles. The molecule has 10 heteroatoms. The number of amides is 1. The lowest BCUT2D eigenvalue weighted by atomic mass is 10.0. The van der Waals surface area contributed by atoms with Gasteiger partial charge in [-0.25, -0.2) is 18.7 Å². The third kappa shape index (κ3) is 5.09. The normalized spacial score (nSPS) is 15.4. The number of aromatic nitrogens is 4. The molecule has 0 N–H and O–H groups in total. The Labute approximate surface area is 248 Å². The topological polar surface area (TPSA) is 84.2 Å². The molecule has 1 saturated heterocycles. The maximum atomic E-state index is 14.0. The van der Waals surface area contributed by atoms with Gasteiger partial charge in [0.2, 0.25) is 0 Å². The Morgan fingerprint density at radius 3 is 2.60 bits per heavy atom. The minimum absolute atomic E-state index is 0.0191. The standard InChI is InChI=1S/C32H32ClFN6O2/c1-7-22-10-8-9-11-23(22)27-25(33)16-24-29(39-15-14-38(17-20(39)5)31(41)21(6)34)37-32(42)40(30(24)36-27)28-19(4)12-13-35-26(28)18(2)3/h7-13,16,18,20H,1,6,14-15,17H2,2-5H3/t20-/m0/s1. The summed E-state index contributed by atoms with van der Waals surface area (Å²) in [7, 11) is 0. The molecule has 0 radical (unpaired) electrons. The number of halogens is 2. The van der Waals surface area contributed by atoms with Crippen LogP contribution < -0.4 is 10.6 Å². The summed E-state index contributed by atoms with van der Waals surface area (Å²) in [6.07, 6.45) is 3.47. The molecule has 1 atom stereocenters. The van der Waals surface area contributed by atoms with Crippen molar-refractivity contribution in [2.75, 3.05) is 24.5 Å². The first kappa shape index (κ1) is 29.1. The third-order valence-corrected chi connectivity index (χ3v) is 7.87. The zero-order valence-corrected chi connectivity index (χ0v) is 24.8. The Kier molecular flexibility index (Phi) is 7.97. The second kappa shape index (κ2) is 11.5. The van der Waals surface area contributed by atoms with Crippen molar-refractivity contribution in [1.82, 2.24) is 24.4 Å². The number of aryl methyl sites for hydroxylation is 1. The summed E-state index contributed by atoms with van der Waals surface area (Å²) < 4.78 is 15.1. The average Bonchev–Trinajstić information content (AvgIpc) is 2.96. The summed E-state index contributed by atoms with van der Waals surface area (Å²) >= 11 is 6.92. The molecule has 0 saturated carbocycles. The van der Waals surface area contributed by atoms with Gasteiger partial charge in [0, 0.05) is 37.4 Å². The van der Waals surface area contributed by atoms with E-state index in [1.165, 1.54) is 9.47 Å². The van der Waals surface area contributed by atoms with E-state index in [1.807, 2.05) is 62.9 Å². The van der Waals surface area contributed by atoms with Gasteiger partial charge in [-0.05, 0) is 43.0 Å². The van der Waals surface area contributed by atoms with E-state index in [-0.39, 0.29) is 25.0 Å². The highest BCUT2D eigenvalue weighted by Gasteiger charge is 2.31. The molecule has 4 heterocycles. The van der Waals surface area contributed by atoms with E-state index in [9.17, 15) is 14.0 Å². The number of hydrogen-bond acceptors (Lipinski definition) is 6. The van der Waals surface area contributed by atoms with Crippen LogP contribution in [0.3, 0.4) is 0 Å². The van der Waals surface area contributed by atoms with Crippen LogP contribution in [-0.2, 0) is 4.79 Å². The SMILES string of the molecule is C=Cc1ccccc1-c1nc2c(cc1Cl)c(N1CCN(C(=O)C(=C)F)C[C@@H]1C)nc(=O)n2-c1c(C)ccnc1C(C)C. The van der Waals surface area contributed by atoms with Crippen LogP contribution in [0, 0.1) is 6.92 Å². The van der Waals surface area contributed by atoms with Gasteiger partial charge in [0.1, 0.15) is 5.82 Å². The van der Waals surface area contributed by atoms with Crippen LogP contribution in [0.1, 0.15) is 43.5 Å². The quantitative estimate of drug-likeness (QED) is 0.254. The van der Waals surface area contributed by atoms with E-state index in [0.717, 1.165) is 22.4 Å². The van der Waals surface area contributed by atoms with E-state index >= 15 is 0 Å². The molecule has 0 spiro atoms. The first-order chi connectivity index (χ1) is 20.0. The zero-order chi connectivity index (χ0) is 30.3. The minimum atomic E-state index is -1.00. The van der Waals surface area contributed by atoms with Crippen molar-refractivity contribution in [2.24, 2.45) is 0 Å². The summed E-state index contributed by atoms with van der Waals surface area (Å²) in [5, 5.41) is 0.950. The predicted octanol–water partition coefficient (Wildman–Crippen LogP) is 6.09. The summed E-state index contributed by atoms with van der Waals surface area (Å²) in [5.74, 6) is -1.32. The second-order valence-electron chi connectivity index (χ2n) is 10.7. The Hall–Kier alpha value is -4.37. The highest BCUT2D eigenvalue weighted by atomic mass is 35.5. The van der Waals surface area contributed by atoms with Crippen molar-refractivity contribution in [1.29, 1.82) is 0 Å². The van der Waals surface area contributed by atoms with Crippen molar-refractivity contribution in [3.63, 3.8) is 0 Å². The van der Waals surface area contributed by atoms with Gasteiger partial charge in [0.05, 0.1) is 27.5 Å². The Bertz CT molecular complexity index is 1800. The fourth-order valence-corrected chi connectivity index (χ4v) is 5.77. The number of nitrogens with zero attached hydrogens (tertiary/aromatic N) is 6. The summed E-state index contributed by atoms with van der Waals surface area (Å²) in [6, 6.07) is 11.0. The third-order valence-electron chi connectivity index (χ3n) is 7.58. The van der Waals surface area contributed by atoms with Gasteiger partial charge < -0.3 is 9.80 Å². The first-order valence-electron chi connectivity index (χ1n) is 13.7. The molecule has 1 amide bonds. The molecule has 0 aliphatic carbocycles. The fourth-order valence-electron chi connectivity index (χ4n) is 5.52. The van der Waals surface area contributed by atoms with Crippen molar-refractivity contribution in [2.45, 2.75) is 39.7 Å². The molecule has 1 fully saturated rings. The number of hydrogen-bond donors (Lipinski definition) is 0. The van der Waals surface area contributed by atoms with Gasteiger partial charge >= 0.3 is 5.69 Å². The maximum Gasteiger partial charge on any atom is 0.355 e. The van der Waals surface area contributed by atoms with Gasteiger partial charge in [-0.2, -0.15) is 4.98 Å². The van der Waals surface area contributed by atoms with Crippen LogP contribution in [-0.4, -0.2) is 56.0 Å².